The van der Waals surface area contributed by atoms with Crippen LogP contribution >= 0.6 is 11.8 Å². The zero-order chi connectivity index (χ0) is 23.1. The van der Waals surface area contributed by atoms with Gasteiger partial charge >= 0.3 is 0 Å². The topological polar surface area (TPSA) is 58.1 Å². The smallest absolute Gasteiger partial charge is 0.251 e. The lowest BCUT2D eigenvalue weighted by Gasteiger charge is -2.20. The summed E-state index contributed by atoms with van der Waals surface area (Å²) in [5, 5.41) is 3.85. The molecule has 0 spiro atoms. The van der Waals surface area contributed by atoms with Crippen LogP contribution in [0.3, 0.4) is 0 Å². The van der Waals surface area contributed by atoms with Crippen LogP contribution in [0, 0.1) is 13.8 Å². The molecule has 1 aromatic heterocycles. The second kappa shape index (κ2) is 11.1. The molecule has 0 aliphatic heterocycles. The molecule has 32 heavy (non-hydrogen) atoms. The summed E-state index contributed by atoms with van der Waals surface area (Å²) in [6, 6.07) is 17.7. The predicted molar refractivity (Wildman–Crippen MR) is 133 cm³/mol. The SMILES string of the molecule is CCCN(C)c1nc(SCc2cccc(C(=O)N[C@@H](C)c3ccccc3)c2)nc(C)c1C. The number of thioether (sulfide) groups is 1. The highest BCUT2D eigenvalue weighted by molar-refractivity contribution is 7.98. The summed E-state index contributed by atoms with van der Waals surface area (Å²) in [4.78, 5) is 24.4. The number of amides is 1. The Kier molecular flexibility index (Phi) is 8.28. The normalized spacial score (nSPS) is 11.8. The van der Waals surface area contributed by atoms with Crippen LogP contribution in [0.25, 0.3) is 0 Å². The molecule has 0 saturated carbocycles. The van der Waals surface area contributed by atoms with Crippen molar-refractivity contribution in [1.29, 1.82) is 0 Å². The first-order valence-corrected chi connectivity index (χ1v) is 12.0. The van der Waals surface area contributed by atoms with Gasteiger partial charge in [0.15, 0.2) is 5.16 Å². The molecule has 1 amide bonds. The summed E-state index contributed by atoms with van der Waals surface area (Å²) < 4.78 is 0. The molecule has 1 N–H and O–H groups in total. The minimum absolute atomic E-state index is 0.0517. The van der Waals surface area contributed by atoms with Crippen LogP contribution < -0.4 is 10.2 Å². The van der Waals surface area contributed by atoms with Crippen LogP contribution in [-0.4, -0.2) is 29.5 Å². The quantitative estimate of drug-likeness (QED) is 0.335. The fourth-order valence-corrected chi connectivity index (χ4v) is 4.35. The van der Waals surface area contributed by atoms with Gasteiger partial charge in [-0.05, 0) is 50.5 Å². The van der Waals surface area contributed by atoms with Crippen LogP contribution in [0.4, 0.5) is 5.82 Å². The minimum Gasteiger partial charge on any atom is -0.359 e. The Morgan fingerprint density at radius 1 is 1.09 bits per heavy atom. The van der Waals surface area contributed by atoms with Crippen molar-refractivity contribution in [3.05, 3.63) is 82.5 Å². The molecule has 0 fully saturated rings. The van der Waals surface area contributed by atoms with Crippen molar-refractivity contribution in [1.82, 2.24) is 15.3 Å². The summed E-state index contributed by atoms with van der Waals surface area (Å²) in [6.45, 7) is 9.23. The van der Waals surface area contributed by atoms with Crippen molar-refractivity contribution in [2.75, 3.05) is 18.5 Å². The Morgan fingerprint density at radius 2 is 1.84 bits per heavy atom. The lowest BCUT2D eigenvalue weighted by atomic mass is 10.1. The third kappa shape index (κ3) is 6.10. The molecular weight excluding hydrogens is 416 g/mol. The largest absolute Gasteiger partial charge is 0.359 e. The number of hydrogen-bond donors (Lipinski definition) is 1. The van der Waals surface area contributed by atoms with Gasteiger partial charge in [0, 0.05) is 36.2 Å². The van der Waals surface area contributed by atoms with E-state index in [0.29, 0.717) is 11.3 Å². The van der Waals surface area contributed by atoms with Crippen molar-refractivity contribution in [3.63, 3.8) is 0 Å². The minimum atomic E-state index is -0.0703. The predicted octanol–water partition coefficient (Wildman–Crippen LogP) is 5.72. The van der Waals surface area contributed by atoms with Crippen molar-refractivity contribution >= 4 is 23.5 Å². The van der Waals surface area contributed by atoms with E-state index in [1.807, 2.05) is 68.4 Å². The molecule has 2 aromatic carbocycles. The summed E-state index contributed by atoms with van der Waals surface area (Å²) in [5.41, 5.74) is 4.94. The van der Waals surface area contributed by atoms with E-state index in [4.69, 9.17) is 4.98 Å². The number of aryl methyl sites for hydroxylation is 1. The number of benzene rings is 2. The number of nitrogens with zero attached hydrogens (tertiary/aromatic N) is 3. The zero-order valence-electron chi connectivity index (χ0n) is 19.6. The van der Waals surface area contributed by atoms with Gasteiger partial charge in [0.25, 0.3) is 5.91 Å². The van der Waals surface area contributed by atoms with Crippen molar-refractivity contribution in [2.24, 2.45) is 0 Å². The van der Waals surface area contributed by atoms with Crippen LogP contribution in [0.5, 0.6) is 0 Å². The monoisotopic (exact) mass is 448 g/mol. The molecule has 0 aliphatic rings. The number of carbonyl (C=O) groups excluding carboxylic acids is 1. The number of anilines is 1. The highest BCUT2D eigenvalue weighted by Crippen LogP contribution is 2.26. The van der Waals surface area contributed by atoms with Crippen LogP contribution in [0.1, 0.15) is 59.1 Å². The van der Waals surface area contributed by atoms with Gasteiger partial charge in [-0.1, -0.05) is 61.2 Å². The highest BCUT2D eigenvalue weighted by Gasteiger charge is 2.14. The second-order valence-electron chi connectivity index (χ2n) is 8.06. The summed E-state index contributed by atoms with van der Waals surface area (Å²) in [7, 11) is 2.07. The third-order valence-electron chi connectivity index (χ3n) is 5.47. The average molecular weight is 449 g/mol. The number of aromatic nitrogens is 2. The van der Waals surface area contributed by atoms with E-state index in [1.165, 1.54) is 0 Å². The Hall–Kier alpha value is -2.86. The molecule has 0 unspecified atom stereocenters. The number of hydrogen-bond acceptors (Lipinski definition) is 5. The second-order valence-corrected chi connectivity index (χ2v) is 9.00. The zero-order valence-corrected chi connectivity index (χ0v) is 20.4. The number of nitrogens with one attached hydrogen (secondary N) is 1. The maximum Gasteiger partial charge on any atom is 0.251 e. The van der Waals surface area contributed by atoms with E-state index in [-0.39, 0.29) is 11.9 Å². The van der Waals surface area contributed by atoms with Gasteiger partial charge in [-0.2, -0.15) is 0 Å². The average Bonchev–Trinajstić information content (AvgIpc) is 2.80. The lowest BCUT2D eigenvalue weighted by Crippen LogP contribution is -2.26. The molecular formula is C26H32N4OS. The molecule has 1 heterocycles. The van der Waals surface area contributed by atoms with E-state index in [0.717, 1.165) is 46.3 Å². The first-order valence-electron chi connectivity index (χ1n) is 11.0. The Bertz CT molecular complexity index is 1050. The first kappa shape index (κ1) is 23.8. The van der Waals surface area contributed by atoms with Gasteiger partial charge in [-0.25, -0.2) is 9.97 Å². The Balaban J connectivity index is 1.68. The van der Waals surface area contributed by atoms with Gasteiger partial charge in [-0.15, -0.1) is 0 Å². The molecule has 1 atom stereocenters. The van der Waals surface area contributed by atoms with Crippen LogP contribution in [0.15, 0.2) is 59.8 Å². The third-order valence-corrected chi connectivity index (χ3v) is 6.39. The maximum absolute atomic E-state index is 12.8. The fraction of sp³-hybridized carbons (Fsp3) is 0.346. The van der Waals surface area contributed by atoms with E-state index < -0.39 is 0 Å². The number of rotatable bonds is 9. The van der Waals surface area contributed by atoms with Gasteiger partial charge in [0.05, 0.1) is 6.04 Å². The molecule has 3 rings (SSSR count). The molecule has 6 heteroatoms. The molecule has 0 bridgehead atoms. The van der Waals surface area contributed by atoms with E-state index in [1.54, 1.807) is 11.8 Å². The summed E-state index contributed by atoms with van der Waals surface area (Å²) in [6.07, 6.45) is 1.07. The number of carbonyl (C=O) groups is 1. The van der Waals surface area contributed by atoms with Crippen molar-refractivity contribution in [3.8, 4) is 0 Å². The summed E-state index contributed by atoms with van der Waals surface area (Å²) in [5.74, 6) is 1.62. The van der Waals surface area contributed by atoms with E-state index >= 15 is 0 Å². The molecule has 0 aliphatic carbocycles. The highest BCUT2D eigenvalue weighted by atomic mass is 32.2. The standard InChI is InChI=1S/C26H32N4OS/c1-6-15-30(5)24-18(2)19(3)28-26(29-24)32-17-21-11-10-14-23(16-21)25(31)27-20(4)22-12-8-7-9-13-22/h7-14,16,20H,6,15,17H2,1-5H3,(H,27,31)/t20-/m0/s1. The first-order chi connectivity index (χ1) is 15.4. The lowest BCUT2D eigenvalue weighted by molar-refractivity contribution is 0.0940. The van der Waals surface area contributed by atoms with E-state index in [9.17, 15) is 4.79 Å². The molecule has 0 radical (unpaired) electrons. The summed E-state index contributed by atoms with van der Waals surface area (Å²) >= 11 is 1.60. The molecule has 0 saturated heterocycles. The van der Waals surface area contributed by atoms with Gasteiger partial charge in [0.1, 0.15) is 5.82 Å². The van der Waals surface area contributed by atoms with Gasteiger partial charge < -0.3 is 10.2 Å². The van der Waals surface area contributed by atoms with Crippen molar-refractivity contribution in [2.45, 2.75) is 51.1 Å². The van der Waals surface area contributed by atoms with Crippen LogP contribution in [-0.2, 0) is 5.75 Å². The van der Waals surface area contributed by atoms with Gasteiger partial charge in [0.2, 0.25) is 0 Å². The molecule has 5 nitrogen and oxygen atoms in total. The fourth-order valence-electron chi connectivity index (χ4n) is 3.52. The molecule has 3 aromatic rings. The maximum atomic E-state index is 12.8. The Morgan fingerprint density at radius 3 is 2.56 bits per heavy atom. The van der Waals surface area contributed by atoms with E-state index in [2.05, 4.69) is 36.1 Å². The van der Waals surface area contributed by atoms with Crippen LogP contribution in [0.2, 0.25) is 0 Å². The molecule has 168 valence electrons. The Labute approximate surface area is 195 Å². The van der Waals surface area contributed by atoms with Gasteiger partial charge in [-0.3, -0.25) is 4.79 Å². The van der Waals surface area contributed by atoms with Crippen molar-refractivity contribution < 1.29 is 4.79 Å².